The number of hydrogen-bond acceptors (Lipinski definition) is 3. The summed E-state index contributed by atoms with van der Waals surface area (Å²) in [5.41, 5.74) is 1.03. The fourth-order valence-electron chi connectivity index (χ4n) is 1.93. The predicted octanol–water partition coefficient (Wildman–Crippen LogP) is 2.41. The number of nitrogens with one attached hydrogen (secondary N) is 2. The first-order valence-corrected chi connectivity index (χ1v) is 8.61. The Balaban J connectivity index is 1.78. The largest absolute Gasteiger partial charge is 0.314 e. The molecule has 6 heteroatoms. The van der Waals surface area contributed by atoms with E-state index >= 15 is 0 Å². The first-order valence-electron chi connectivity index (χ1n) is 6.96. The molecule has 4 nitrogen and oxygen atoms in total. The highest BCUT2D eigenvalue weighted by Crippen LogP contribution is 2.19. The van der Waals surface area contributed by atoms with Crippen LogP contribution in [0.4, 0.5) is 10.1 Å². The van der Waals surface area contributed by atoms with Crippen molar-refractivity contribution in [3.05, 3.63) is 29.6 Å². The normalized spacial score (nSPS) is 15.3. The SMILES string of the molecule is Cc1ccc(F)cc1NS(=O)(=O)CCCCNC1CC1. The summed E-state index contributed by atoms with van der Waals surface area (Å²) in [4.78, 5) is 0. The Morgan fingerprint density at radius 2 is 2.05 bits per heavy atom. The number of rotatable bonds is 8. The topological polar surface area (TPSA) is 58.2 Å². The molecule has 0 bridgehead atoms. The van der Waals surface area contributed by atoms with Gasteiger partial charge < -0.3 is 5.32 Å². The lowest BCUT2D eigenvalue weighted by atomic mass is 10.2. The summed E-state index contributed by atoms with van der Waals surface area (Å²) in [6, 6.07) is 4.74. The molecule has 1 aliphatic rings. The van der Waals surface area contributed by atoms with Crippen molar-refractivity contribution in [1.82, 2.24) is 5.32 Å². The van der Waals surface area contributed by atoms with Crippen molar-refractivity contribution < 1.29 is 12.8 Å². The summed E-state index contributed by atoms with van der Waals surface area (Å²) in [5, 5.41) is 3.34. The summed E-state index contributed by atoms with van der Waals surface area (Å²) < 4.78 is 39.4. The third kappa shape index (κ3) is 5.09. The molecule has 0 amide bonds. The zero-order valence-corrected chi connectivity index (χ0v) is 12.5. The maximum atomic E-state index is 13.1. The van der Waals surface area contributed by atoms with Crippen molar-refractivity contribution in [3.63, 3.8) is 0 Å². The van der Waals surface area contributed by atoms with Crippen LogP contribution in [0.2, 0.25) is 0 Å². The average molecular weight is 300 g/mol. The Labute approximate surface area is 119 Å². The summed E-state index contributed by atoms with van der Waals surface area (Å²) in [5.74, 6) is -0.378. The van der Waals surface area contributed by atoms with Crippen molar-refractivity contribution in [3.8, 4) is 0 Å². The second-order valence-corrected chi connectivity index (χ2v) is 7.16. The molecule has 0 spiro atoms. The monoisotopic (exact) mass is 300 g/mol. The molecule has 0 aromatic heterocycles. The van der Waals surface area contributed by atoms with E-state index in [0.29, 0.717) is 23.7 Å². The Bertz CT molecular complexity index is 556. The van der Waals surface area contributed by atoms with Crippen molar-refractivity contribution in [2.45, 2.75) is 38.6 Å². The fourth-order valence-corrected chi connectivity index (χ4v) is 3.17. The maximum Gasteiger partial charge on any atom is 0.232 e. The Morgan fingerprint density at radius 1 is 1.30 bits per heavy atom. The van der Waals surface area contributed by atoms with Gasteiger partial charge in [-0.05, 0) is 56.8 Å². The van der Waals surface area contributed by atoms with Crippen LogP contribution in [0, 0.1) is 12.7 Å². The van der Waals surface area contributed by atoms with Gasteiger partial charge in [-0.1, -0.05) is 6.07 Å². The molecule has 0 heterocycles. The lowest BCUT2D eigenvalue weighted by molar-refractivity contribution is 0.590. The molecule has 1 aliphatic carbocycles. The maximum absolute atomic E-state index is 13.1. The van der Waals surface area contributed by atoms with Crippen LogP contribution in [-0.2, 0) is 10.0 Å². The molecule has 1 saturated carbocycles. The van der Waals surface area contributed by atoms with Gasteiger partial charge in [0.1, 0.15) is 5.82 Å². The van der Waals surface area contributed by atoms with E-state index in [0.717, 1.165) is 13.0 Å². The van der Waals surface area contributed by atoms with Gasteiger partial charge in [-0.2, -0.15) is 0 Å². The lowest BCUT2D eigenvalue weighted by Gasteiger charge is -2.10. The van der Waals surface area contributed by atoms with Crippen molar-refractivity contribution in [1.29, 1.82) is 0 Å². The van der Waals surface area contributed by atoms with Crippen LogP contribution < -0.4 is 10.0 Å². The Hall–Kier alpha value is -1.14. The number of aryl methyl sites for hydroxylation is 1. The molecule has 20 heavy (non-hydrogen) atoms. The molecule has 0 unspecified atom stereocenters. The van der Waals surface area contributed by atoms with Crippen LogP contribution >= 0.6 is 0 Å². The molecule has 0 atom stereocenters. The molecular weight excluding hydrogens is 279 g/mol. The molecule has 2 N–H and O–H groups in total. The molecule has 1 aromatic rings. The summed E-state index contributed by atoms with van der Waals surface area (Å²) >= 11 is 0. The molecule has 112 valence electrons. The van der Waals surface area contributed by atoms with Gasteiger partial charge in [-0.25, -0.2) is 12.8 Å². The number of benzene rings is 1. The third-order valence-electron chi connectivity index (χ3n) is 3.32. The van der Waals surface area contributed by atoms with Crippen molar-refractivity contribution in [2.75, 3.05) is 17.0 Å². The first-order chi connectivity index (χ1) is 9.46. The van der Waals surface area contributed by atoms with E-state index in [9.17, 15) is 12.8 Å². The van der Waals surface area contributed by atoms with Crippen molar-refractivity contribution >= 4 is 15.7 Å². The van der Waals surface area contributed by atoms with E-state index in [4.69, 9.17) is 0 Å². The summed E-state index contributed by atoms with van der Waals surface area (Å²) in [7, 11) is -3.40. The van der Waals surface area contributed by atoms with Gasteiger partial charge in [0.2, 0.25) is 10.0 Å². The first kappa shape index (κ1) is 15.3. The molecule has 2 rings (SSSR count). The van der Waals surface area contributed by atoms with Crippen LogP contribution in [0.1, 0.15) is 31.2 Å². The van der Waals surface area contributed by atoms with Crippen LogP contribution in [0.3, 0.4) is 0 Å². The molecule has 1 aromatic carbocycles. The highest BCUT2D eigenvalue weighted by atomic mass is 32.2. The molecule has 0 saturated heterocycles. The second kappa shape index (κ2) is 6.54. The Kier molecular flexibility index (Phi) is 4.99. The van der Waals surface area contributed by atoms with Gasteiger partial charge in [0.25, 0.3) is 0 Å². The molecular formula is C14H21FN2O2S. The van der Waals surface area contributed by atoms with Gasteiger partial charge in [0.15, 0.2) is 0 Å². The van der Waals surface area contributed by atoms with Crippen LogP contribution in [0.15, 0.2) is 18.2 Å². The summed E-state index contributed by atoms with van der Waals surface area (Å²) in [6.07, 6.45) is 3.90. The molecule has 1 fully saturated rings. The van der Waals surface area contributed by atoms with Gasteiger partial charge in [0, 0.05) is 6.04 Å². The van der Waals surface area contributed by atoms with Crippen molar-refractivity contribution in [2.24, 2.45) is 0 Å². The minimum absolute atomic E-state index is 0.0648. The van der Waals surface area contributed by atoms with Gasteiger partial charge in [-0.15, -0.1) is 0 Å². The van der Waals surface area contributed by atoms with Crippen LogP contribution in [0.5, 0.6) is 0 Å². The number of halogens is 1. The lowest BCUT2D eigenvalue weighted by Crippen LogP contribution is -2.20. The Morgan fingerprint density at radius 3 is 2.75 bits per heavy atom. The van der Waals surface area contributed by atoms with E-state index in [1.165, 1.54) is 25.0 Å². The fraction of sp³-hybridized carbons (Fsp3) is 0.571. The molecule has 0 radical (unpaired) electrons. The highest BCUT2D eigenvalue weighted by Gasteiger charge is 2.19. The van der Waals surface area contributed by atoms with E-state index < -0.39 is 15.8 Å². The number of anilines is 1. The number of hydrogen-bond donors (Lipinski definition) is 2. The third-order valence-corrected chi connectivity index (χ3v) is 4.67. The zero-order chi connectivity index (χ0) is 14.6. The average Bonchev–Trinajstić information content (AvgIpc) is 3.17. The van der Waals surface area contributed by atoms with Crippen LogP contribution in [-0.4, -0.2) is 26.8 Å². The summed E-state index contributed by atoms with van der Waals surface area (Å²) in [6.45, 7) is 2.61. The standard InChI is InChI=1S/C14H21FN2O2S/c1-11-4-5-12(15)10-14(11)17-20(18,19)9-3-2-8-16-13-6-7-13/h4-5,10,13,16-17H,2-3,6-9H2,1H3. The van der Waals surface area contributed by atoms with E-state index in [2.05, 4.69) is 10.0 Å². The van der Waals surface area contributed by atoms with Gasteiger partial charge >= 0.3 is 0 Å². The minimum atomic E-state index is -3.40. The highest BCUT2D eigenvalue weighted by molar-refractivity contribution is 7.92. The second-order valence-electron chi connectivity index (χ2n) is 5.32. The number of unbranched alkanes of at least 4 members (excludes halogenated alkanes) is 1. The van der Waals surface area contributed by atoms with Gasteiger partial charge in [0.05, 0.1) is 11.4 Å². The number of sulfonamides is 1. The quantitative estimate of drug-likeness (QED) is 0.725. The van der Waals surface area contributed by atoms with Gasteiger partial charge in [-0.3, -0.25) is 4.72 Å². The van der Waals surface area contributed by atoms with E-state index in [-0.39, 0.29) is 5.75 Å². The predicted molar refractivity (Wildman–Crippen MR) is 78.8 cm³/mol. The van der Waals surface area contributed by atoms with E-state index in [1.807, 2.05) is 0 Å². The van der Waals surface area contributed by atoms with Crippen LogP contribution in [0.25, 0.3) is 0 Å². The molecule has 0 aliphatic heterocycles. The minimum Gasteiger partial charge on any atom is -0.314 e. The smallest absolute Gasteiger partial charge is 0.232 e. The van der Waals surface area contributed by atoms with E-state index in [1.54, 1.807) is 13.0 Å². The zero-order valence-electron chi connectivity index (χ0n) is 11.7.